The molecule has 0 aromatic heterocycles. The second-order valence-corrected chi connectivity index (χ2v) is 7.91. The molecule has 0 radical (unpaired) electrons. The van der Waals surface area contributed by atoms with Gasteiger partial charge in [-0.25, -0.2) is 4.79 Å². The van der Waals surface area contributed by atoms with Crippen LogP contribution in [0.4, 0.5) is 23.7 Å². The number of hydrogen-bond donors (Lipinski definition) is 2. The normalized spacial score (nSPS) is 21.3. The van der Waals surface area contributed by atoms with Crippen LogP contribution in [0.3, 0.4) is 0 Å². The van der Waals surface area contributed by atoms with Crippen molar-refractivity contribution in [1.82, 2.24) is 10.2 Å². The molecule has 1 atom stereocenters. The summed E-state index contributed by atoms with van der Waals surface area (Å²) < 4.78 is 49.4. The Morgan fingerprint density at radius 3 is 2.73 bits per heavy atom. The van der Waals surface area contributed by atoms with Crippen LogP contribution in [0.2, 0.25) is 0 Å². The van der Waals surface area contributed by atoms with E-state index in [2.05, 4.69) is 10.6 Å². The maximum absolute atomic E-state index is 13.1. The molecule has 30 heavy (non-hydrogen) atoms. The number of amides is 4. The van der Waals surface area contributed by atoms with Gasteiger partial charge in [-0.2, -0.15) is 24.9 Å². The molecule has 0 bridgehead atoms. The van der Waals surface area contributed by atoms with Gasteiger partial charge >= 0.3 is 12.2 Å². The third-order valence-corrected chi connectivity index (χ3v) is 5.88. The molecule has 4 amide bonds. The Labute approximate surface area is 174 Å². The van der Waals surface area contributed by atoms with Crippen LogP contribution in [-0.4, -0.2) is 66.7 Å². The molecule has 1 aromatic rings. The zero-order valence-electron chi connectivity index (χ0n) is 16.0. The third kappa shape index (κ3) is 4.64. The molecule has 3 rings (SSSR count). The zero-order chi connectivity index (χ0) is 21.9. The number of halogens is 3. The van der Waals surface area contributed by atoms with E-state index in [0.717, 1.165) is 23.1 Å². The molecule has 2 heterocycles. The van der Waals surface area contributed by atoms with E-state index in [1.807, 2.05) is 0 Å². The lowest BCUT2D eigenvalue weighted by Crippen LogP contribution is -2.47. The summed E-state index contributed by atoms with van der Waals surface area (Å²) in [7, 11) is 1.44. The minimum atomic E-state index is -4.62. The van der Waals surface area contributed by atoms with E-state index in [1.54, 1.807) is 0 Å². The first-order chi connectivity index (χ1) is 14.2. The summed E-state index contributed by atoms with van der Waals surface area (Å²) in [5.41, 5.74) is -2.20. The summed E-state index contributed by atoms with van der Waals surface area (Å²) in [5.74, 6) is -0.196. The fraction of sp³-hybridized carbons (Fsp3) is 0.500. The molecule has 2 saturated heterocycles. The molecule has 2 aliphatic heterocycles. The average molecular weight is 447 g/mol. The molecule has 1 spiro atoms. The van der Waals surface area contributed by atoms with Gasteiger partial charge < -0.3 is 20.1 Å². The van der Waals surface area contributed by atoms with E-state index in [4.69, 9.17) is 9.47 Å². The first kappa shape index (κ1) is 22.2. The number of alkyl halides is 3. The highest BCUT2D eigenvalue weighted by atomic mass is 32.2. The standard InChI is InChI=1S/C18H20F3N3O5S/c1-28-5-6-29-13-3-2-11(18(19,20)21)8-12(13)22-14(25)9-24-15(26)17(23-16(24)27)4-7-30-10-17/h2-3,8H,4-7,9-10H2,1H3,(H,22,25)(H,23,27). The van der Waals surface area contributed by atoms with E-state index in [1.165, 1.54) is 18.9 Å². The number of carbonyl (C=O) groups excluding carboxylic acids is 3. The number of imide groups is 1. The Balaban J connectivity index is 1.74. The molecule has 1 aromatic carbocycles. The Hall–Kier alpha value is -2.47. The highest BCUT2D eigenvalue weighted by Crippen LogP contribution is 2.36. The highest BCUT2D eigenvalue weighted by molar-refractivity contribution is 7.99. The summed E-state index contributed by atoms with van der Waals surface area (Å²) in [4.78, 5) is 38.0. The molecule has 0 saturated carbocycles. The van der Waals surface area contributed by atoms with Gasteiger partial charge in [0.2, 0.25) is 5.91 Å². The predicted octanol–water partition coefficient (Wildman–Crippen LogP) is 2.10. The molecule has 164 valence electrons. The van der Waals surface area contributed by atoms with Crippen molar-refractivity contribution in [2.24, 2.45) is 0 Å². The number of anilines is 1. The summed E-state index contributed by atoms with van der Waals surface area (Å²) in [5, 5.41) is 4.94. The molecule has 2 N–H and O–H groups in total. The first-order valence-electron chi connectivity index (χ1n) is 9.01. The van der Waals surface area contributed by atoms with Gasteiger partial charge in [0.1, 0.15) is 24.4 Å². The van der Waals surface area contributed by atoms with Gasteiger partial charge in [0.25, 0.3) is 5.91 Å². The van der Waals surface area contributed by atoms with Gasteiger partial charge in [0.05, 0.1) is 17.9 Å². The van der Waals surface area contributed by atoms with Crippen LogP contribution >= 0.6 is 11.8 Å². The van der Waals surface area contributed by atoms with Gasteiger partial charge in [-0.1, -0.05) is 0 Å². The van der Waals surface area contributed by atoms with Crippen molar-refractivity contribution in [2.75, 3.05) is 43.7 Å². The summed E-state index contributed by atoms with van der Waals surface area (Å²) >= 11 is 1.52. The number of thioether (sulfide) groups is 1. The third-order valence-electron chi connectivity index (χ3n) is 4.70. The highest BCUT2D eigenvalue weighted by Gasteiger charge is 2.53. The lowest BCUT2D eigenvalue weighted by atomic mass is 9.99. The van der Waals surface area contributed by atoms with Gasteiger partial charge in [0, 0.05) is 12.9 Å². The molecule has 12 heteroatoms. The molecule has 2 aliphatic rings. The van der Waals surface area contributed by atoms with Crippen molar-refractivity contribution in [3.05, 3.63) is 23.8 Å². The molecule has 0 aliphatic carbocycles. The monoisotopic (exact) mass is 447 g/mol. The Morgan fingerprint density at radius 1 is 1.33 bits per heavy atom. The Morgan fingerprint density at radius 2 is 2.10 bits per heavy atom. The lowest BCUT2D eigenvalue weighted by Gasteiger charge is -2.19. The van der Waals surface area contributed by atoms with Crippen molar-refractivity contribution in [3.63, 3.8) is 0 Å². The number of urea groups is 1. The minimum absolute atomic E-state index is 0.00858. The van der Waals surface area contributed by atoms with E-state index >= 15 is 0 Å². The van der Waals surface area contributed by atoms with E-state index in [9.17, 15) is 27.6 Å². The van der Waals surface area contributed by atoms with E-state index < -0.39 is 41.7 Å². The predicted molar refractivity (Wildman–Crippen MR) is 102 cm³/mol. The fourth-order valence-corrected chi connectivity index (χ4v) is 4.48. The maximum Gasteiger partial charge on any atom is 0.416 e. The number of hydrogen-bond acceptors (Lipinski definition) is 6. The SMILES string of the molecule is COCCOc1ccc(C(F)(F)F)cc1NC(=O)CN1C(=O)NC2(CCSC2)C1=O. The molecule has 8 nitrogen and oxygen atoms in total. The summed E-state index contributed by atoms with van der Waals surface area (Å²) in [6, 6.07) is 1.96. The van der Waals surface area contributed by atoms with Gasteiger partial charge in [0.15, 0.2) is 0 Å². The van der Waals surface area contributed by atoms with Crippen LogP contribution in [0.1, 0.15) is 12.0 Å². The van der Waals surface area contributed by atoms with Crippen molar-refractivity contribution < 1.29 is 37.0 Å². The minimum Gasteiger partial charge on any atom is -0.489 e. The van der Waals surface area contributed by atoms with Gasteiger partial charge in [-0.05, 0) is 30.4 Å². The average Bonchev–Trinajstić information content (AvgIpc) is 3.23. The van der Waals surface area contributed by atoms with Crippen molar-refractivity contribution in [3.8, 4) is 5.75 Å². The smallest absolute Gasteiger partial charge is 0.416 e. The Kier molecular flexibility index (Phi) is 6.46. The molecular weight excluding hydrogens is 427 g/mol. The van der Waals surface area contributed by atoms with Gasteiger partial charge in [-0.3, -0.25) is 14.5 Å². The van der Waals surface area contributed by atoms with Crippen LogP contribution < -0.4 is 15.4 Å². The number of nitrogens with one attached hydrogen (secondary N) is 2. The fourth-order valence-electron chi connectivity index (χ4n) is 3.15. The van der Waals surface area contributed by atoms with Crippen LogP contribution in [0.15, 0.2) is 18.2 Å². The maximum atomic E-state index is 13.1. The first-order valence-corrected chi connectivity index (χ1v) is 10.2. The number of rotatable bonds is 7. The lowest BCUT2D eigenvalue weighted by molar-refractivity contribution is -0.137. The second-order valence-electron chi connectivity index (χ2n) is 6.80. The van der Waals surface area contributed by atoms with Crippen LogP contribution in [-0.2, 0) is 20.5 Å². The number of carbonyl (C=O) groups is 3. The molecule has 2 fully saturated rings. The second kappa shape index (κ2) is 8.72. The molecular formula is C18H20F3N3O5S. The molecule has 1 unspecified atom stereocenters. The quantitative estimate of drug-likeness (QED) is 0.491. The van der Waals surface area contributed by atoms with Crippen molar-refractivity contribution in [2.45, 2.75) is 18.1 Å². The summed E-state index contributed by atoms with van der Waals surface area (Å²) in [6.45, 7) is -0.375. The zero-order valence-corrected chi connectivity index (χ0v) is 16.8. The largest absolute Gasteiger partial charge is 0.489 e. The van der Waals surface area contributed by atoms with E-state index in [-0.39, 0.29) is 24.7 Å². The number of nitrogens with zero attached hydrogens (tertiary/aromatic N) is 1. The van der Waals surface area contributed by atoms with Crippen molar-refractivity contribution >= 4 is 35.3 Å². The number of methoxy groups -OCH3 is 1. The topological polar surface area (TPSA) is 97.0 Å². The Bertz CT molecular complexity index is 843. The van der Waals surface area contributed by atoms with Crippen LogP contribution in [0.25, 0.3) is 0 Å². The number of ether oxygens (including phenoxy) is 2. The number of benzene rings is 1. The van der Waals surface area contributed by atoms with Crippen LogP contribution in [0.5, 0.6) is 5.75 Å². The van der Waals surface area contributed by atoms with E-state index in [0.29, 0.717) is 17.9 Å². The van der Waals surface area contributed by atoms with Gasteiger partial charge in [-0.15, -0.1) is 0 Å². The van der Waals surface area contributed by atoms with Crippen LogP contribution in [0, 0.1) is 0 Å². The summed E-state index contributed by atoms with van der Waals surface area (Å²) in [6.07, 6.45) is -4.16. The van der Waals surface area contributed by atoms with Crippen molar-refractivity contribution in [1.29, 1.82) is 0 Å².